The van der Waals surface area contributed by atoms with Gasteiger partial charge in [-0.15, -0.1) is 0 Å². The van der Waals surface area contributed by atoms with Gasteiger partial charge >= 0.3 is 0 Å². The molecule has 0 aromatic rings. The molecule has 0 aromatic carbocycles. The van der Waals surface area contributed by atoms with E-state index in [1.54, 1.807) is 4.90 Å². The molecule has 0 aromatic heterocycles. The highest BCUT2D eigenvalue weighted by Crippen LogP contribution is 1.98. The summed E-state index contributed by atoms with van der Waals surface area (Å²) in [5.74, 6) is 0. The summed E-state index contributed by atoms with van der Waals surface area (Å²) in [5, 5.41) is 36.3. The maximum absolute atomic E-state index is 9.36. The van der Waals surface area contributed by atoms with Crippen LogP contribution in [0.1, 0.15) is 19.8 Å². The molecule has 0 aliphatic heterocycles. The molecule has 0 heterocycles. The van der Waals surface area contributed by atoms with E-state index in [2.05, 4.69) is 6.92 Å². The summed E-state index contributed by atoms with van der Waals surface area (Å²) >= 11 is 0. The minimum absolute atomic E-state index is 0.282. The summed E-state index contributed by atoms with van der Waals surface area (Å²) in [4.78, 5) is 1.80. The lowest BCUT2D eigenvalue weighted by Crippen LogP contribution is -2.40. The van der Waals surface area contributed by atoms with E-state index in [1.807, 2.05) is 12.2 Å². The lowest BCUT2D eigenvalue weighted by atomic mass is 10.2. The van der Waals surface area contributed by atoms with Crippen molar-refractivity contribution >= 4 is 0 Å². The van der Waals surface area contributed by atoms with Crippen LogP contribution in [-0.4, -0.2) is 70.4 Å². The molecule has 0 bridgehead atoms. The third-order valence-corrected chi connectivity index (χ3v) is 2.35. The Kier molecular flexibility index (Phi) is 10.4. The predicted octanol–water partition coefficient (Wildman–Crippen LogP) is -0.649. The molecule has 0 saturated carbocycles. The number of hydrogen-bond donors (Lipinski definition) is 4. The van der Waals surface area contributed by atoms with Crippen molar-refractivity contribution in [3.05, 3.63) is 12.2 Å². The summed E-state index contributed by atoms with van der Waals surface area (Å²) in [6, 6.07) is 0. The molecule has 0 amide bonds. The first-order chi connectivity index (χ1) is 8.13. The van der Waals surface area contributed by atoms with Gasteiger partial charge in [0, 0.05) is 19.6 Å². The Labute approximate surface area is 103 Å². The smallest absolute Gasteiger partial charge is 0.0897 e. The second-order valence-electron chi connectivity index (χ2n) is 4.15. The lowest BCUT2D eigenvalue weighted by molar-refractivity contribution is 0.0275. The van der Waals surface area contributed by atoms with Crippen LogP contribution in [0.5, 0.6) is 0 Å². The van der Waals surface area contributed by atoms with E-state index >= 15 is 0 Å². The van der Waals surface area contributed by atoms with E-state index in [-0.39, 0.29) is 26.3 Å². The Bertz CT molecular complexity index is 187. The van der Waals surface area contributed by atoms with Crippen LogP contribution < -0.4 is 0 Å². The van der Waals surface area contributed by atoms with Gasteiger partial charge in [0.25, 0.3) is 0 Å². The Morgan fingerprint density at radius 2 is 1.53 bits per heavy atom. The van der Waals surface area contributed by atoms with Gasteiger partial charge in [-0.3, -0.25) is 4.90 Å². The minimum Gasteiger partial charge on any atom is -0.394 e. The molecule has 0 rings (SSSR count). The first-order valence-corrected chi connectivity index (χ1v) is 6.09. The highest BCUT2D eigenvalue weighted by atomic mass is 16.3. The molecule has 2 unspecified atom stereocenters. The first kappa shape index (κ1) is 16.5. The fourth-order valence-electron chi connectivity index (χ4n) is 1.44. The largest absolute Gasteiger partial charge is 0.394 e. The van der Waals surface area contributed by atoms with Crippen molar-refractivity contribution in [3.8, 4) is 0 Å². The van der Waals surface area contributed by atoms with Gasteiger partial charge in [-0.2, -0.15) is 0 Å². The normalized spacial score (nSPS) is 15.6. The SMILES string of the molecule is CCC/C=C/CN(CC(O)CO)CC(O)CO. The zero-order valence-electron chi connectivity index (χ0n) is 10.5. The number of allylic oxidation sites excluding steroid dienone is 1. The van der Waals surface area contributed by atoms with Gasteiger partial charge in [-0.25, -0.2) is 0 Å². The van der Waals surface area contributed by atoms with Crippen LogP contribution in [0.25, 0.3) is 0 Å². The number of aliphatic hydroxyl groups excluding tert-OH is 4. The van der Waals surface area contributed by atoms with Crippen LogP contribution in [0.3, 0.4) is 0 Å². The van der Waals surface area contributed by atoms with Gasteiger partial charge in [0.1, 0.15) is 0 Å². The molecule has 0 radical (unpaired) electrons. The van der Waals surface area contributed by atoms with Gasteiger partial charge < -0.3 is 20.4 Å². The van der Waals surface area contributed by atoms with Crippen LogP contribution >= 0.6 is 0 Å². The molecule has 0 aliphatic carbocycles. The van der Waals surface area contributed by atoms with Gasteiger partial charge in [-0.1, -0.05) is 25.5 Å². The summed E-state index contributed by atoms with van der Waals surface area (Å²) in [5.41, 5.74) is 0. The number of aliphatic hydroxyl groups is 4. The topological polar surface area (TPSA) is 84.2 Å². The third-order valence-electron chi connectivity index (χ3n) is 2.35. The summed E-state index contributed by atoms with van der Waals surface area (Å²) in [6.07, 6.45) is 4.45. The Hall–Kier alpha value is -0.460. The van der Waals surface area contributed by atoms with E-state index in [0.717, 1.165) is 12.8 Å². The molecule has 5 nitrogen and oxygen atoms in total. The fourth-order valence-corrected chi connectivity index (χ4v) is 1.44. The maximum Gasteiger partial charge on any atom is 0.0897 e. The zero-order chi connectivity index (χ0) is 13.1. The summed E-state index contributed by atoms with van der Waals surface area (Å²) in [7, 11) is 0. The zero-order valence-corrected chi connectivity index (χ0v) is 10.5. The molecule has 0 saturated heterocycles. The van der Waals surface area contributed by atoms with Crippen LogP contribution in [0, 0.1) is 0 Å². The predicted molar refractivity (Wildman–Crippen MR) is 66.7 cm³/mol. The summed E-state index contributed by atoms with van der Waals surface area (Å²) < 4.78 is 0. The minimum atomic E-state index is -0.819. The average Bonchev–Trinajstić information content (AvgIpc) is 2.33. The second kappa shape index (κ2) is 10.7. The average molecular weight is 247 g/mol. The maximum atomic E-state index is 9.36. The van der Waals surface area contributed by atoms with Crippen molar-refractivity contribution in [2.24, 2.45) is 0 Å². The molecule has 0 spiro atoms. The first-order valence-electron chi connectivity index (χ1n) is 6.09. The van der Waals surface area contributed by atoms with Crippen molar-refractivity contribution in [3.63, 3.8) is 0 Å². The standard InChI is InChI=1S/C12H25NO4/c1-2-3-4-5-6-13(7-11(16)9-14)8-12(17)10-15/h4-5,11-12,14-17H,2-3,6-10H2,1H3/b5-4+. The van der Waals surface area contributed by atoms with Crippen LogP contribution in [-0.2, 0) is 0 Å². The van der Waals surface area contributed by atoms with E-state index < -0.39 is 12.2 Å². The molecular weight excluding hydrogens is 222 g/mol. The molecule has 17 heavy (non-hydrogen) atoms. The number of unbranched alkanes of at least 4 members (excludes halogenated alkanes) is 1. The highest BCUT2D eigenvalue weighted by Gasteiger charge is 2.13. The van der Waals surface area contributed by atoms with E-state index in [9.17, 15) is 10.2 Å². The van der Waals surface area contributed by atoms with Crippen LogP contribution in [0.15, 0.2) is 12.2 Å². The molecule has 0 aliphatic rings. The fraction of sp³-hybridized carbons (Fsp3) is 0.833. The number of hydrogen-bond acceptors (Lipinski definition) is 5. The number of nitrogens with zero attached hydrogens (tertiary/aromatic N) is 1. The van der Waals surface area contributed by atoms with Crippen LogP contribution in [0.4, 0.5) is 0 Å². The molecule has 4 N–H and O–H groups in total. The molecule has 102 valence electrons. The molecule has 0 fully saturated rings. The molecule has 5 heteroatoms. The third kappa shape index (κ3) is 9.26. The van der Waals surface area contributed by atoms with Gasteiger partial charge in [0.15, 0.2) is 0 Å². The van der Waals surface area contributed by atoms with Gasteiger partial charge in [-0.05, 0) is 6.42 Å². The van der Waals surface area contributed by atoms with Gasteiger partial charge in [0.05, 0.1) is 25.4 Å². The van der Waals surface area contributed by atoms with Gasteiger partial charge in [0.2, 0.25) is 0 Å². The van der Waals surface area contributed by atoms with Crippen molar-refractivity contribution in [2.45, 2.75) is 32.0 Å². The Morgan fingerprint density at radius 3 is 1.94 bits per heavy atom. The van der Waals surface area contributed by atoms with Crippen molar-refractivity contribution in [1.82, 2.24) is 4.90 Å². The lowest BCUT2D eigenvalue weighted by Gasteiger charge is -2.24. The van der Waals surface area contributed by atoms with E-state index in [1.165, 1.54) is 0 Å². The van der Waals surface area contributed by atoms with Crippen molar-refractivity contribution in [2.75, 3.05) is 32.8 Å². The van der Waals surface area contributed by atoms with E-state index in [0.29, 0.717) is 6.54 Å². The van der Waals surface area contributed by atoms with Crippen molar-refractivity contribution in [1.29, 1.82) is 0 Å². The Morgan fingerprint density at radius 1 is 1.00 bits per heavy atom. The Balaban J connectivity index is 4.09. The second-order valence-corrected chi connectivity index (χ2v) is 4.15. The molecule has 2 atom stereocenters. The quantitative estimate of drug-likeness (QED) is 0.386. The number of rotatable bonds is 10. The van der Waals surface area contributed by atoms with E-state index in [4.69, 9.17) is 10.2 Å². The monoisotopic (exact) mass is 247 g/mol. The summed E-state index contributed by atoms with van der Waals surface area (Å²) in [6.45, 7) is 2.64. The van der Waals surface area contributed by atoms with Crippen molar-refractivity contribution < 1.29 is 20.4 Å². The highest BCUT2D eigenvalue weighted by molar-refractivity contribution is 4.85. The van der Waals surface area contributed by atoms with Crippen LogP contribution in [0.2, 0.25) is 0 Å². The molecular formula is C12H25NO4.